The Bertz CT molecular complexity index is 146. The Morgan fingerprint density at radius 2 is 1.12 bits per heavy atom. The fourth-order valence-electron chi connectivity index (χ4n) is 2.16. The van der Waals surface area contributed by atoms with Crippen molar-refractivity contribution in [1.29, 1.82) is 0 Å². The van der Waals surface area contributed by atoms with Crippen LogP contribution in [0, 0.1) is 23.7 Å². The van der Waals surface area contributed by atoms with Gasteiger partial charge < -0.3 is 9.47 Å². The molecule has 0 bridgehead atoms. The highest BCUT2D eigenvalue weighted by Gasteiger charge is 2.18. The number of ether oxygens (including phenoxy) is 2. The van der Waals surface area contributed by atoms with E-state index < -0.39 is 0 Å². The molecule has 2 aliphatic heterocycles. The van der Waals surface area contributed by atoms with E-state index in [4.69, 9.17) is 9.47 Å². The molecule has 0 spiro atoms. The predicted octanol–water partition coefficient (Wildman–Crippen LogP) is 3.36. The molecular weight excluding hydrogens is 200 g/mol. The standard InChI is InChI=1S/2C7H14O/c2*1-6(2)7-3-4-8-5-7/h2*6-7H,3-5H2,1-2H3/t7-;/m0./s1. The van der Waals surface area contributed by atoms with E-state index in [0.717, 1.165) is 50.1 Å². The second kappa shape index (κ2) is 7.29. The largest absolute Gasteiger partial charge is 0.381 e. The van der Waals surface area contributed by atoms with Crippen LogP contribution in [0.3, 0.4) is 0 Å². The van der Waals surface area contributed by atoms with Crippen LogP contribution in [0.15, 0.2) is 0 Å². The summed E-state index contributed by atoms with van der Waals surface area (Å²) in [7, 11) is 0. The van der Waals surface area contributed by atoms with Gasteiger partial charge in [-0.25, -0.2) is 0 Å². The Morgan fingerprint density at radius 3 is 1.25 bits per heavy atom. The van der Waals surface area contributed by atoms with Crippen LogP contribution < -0.4 is 0 Å². The van der Waals surface area contributed by atoms with Crippen molar-refractivity contribution in [3.05, 3.63) is 0 Å². The quantitative estimate of drug-likeness (QED) is 0.721. The molecule has 96 valence electrons. The molecule has 2 atom stereocenters. The van der Waals surface area contributed by atoms with E-state index in [-0.39, 0.29) is 0 Å². The monoisotopic (exact) mass is 228 g/mol. The van der Waals surface area contributed by atoms with E-state index in [1.807, 2.05) is 0 Å². The van der Waals surface area contributed by atoms with Crippen LogP contribution in [-0.2, 0) is 9.47 Å². The molecule has 2 aliphatic rings. The molecule has 2 fully saturated rings. The fraction of sp³-hybridized carbons (Fsp3) is 1.00. The molecule has 0 radical (unpaired) electrons. The summed E-state index contributed by atoms with van der Waals surface area (Å²) in [6.07, 6.45) is 2.55. The van der Waals surface area contributed by atoms with Gasteiger partial charge in [0, 0.05) is 26.4 Å². The van der Waals surface area contributed by atoms with E-state index in [0.29, 0.717) is 0 Å². The van der Waals surface area contributed by atoms with Crippen LogP contribution in [0.5, 0.6) is 0 Å². The Kier molecular flexibility index (Phi) is 6.37. The maximum Gasteiger partial charge on any atom is 0.0497 e. The Hall–Kier alpha value is -0.0800. The molecule has 2 heterocycles. The summed E-state index contributed by atoms with van der Waals surface area (Å²) in [5, 5.41) is 0. The van der Waals surface area contributed by atoms with E-state index in [1.54, 1.807) is 0 Å². The molecule has 0 amide bonds. The van der Waals surface area contributed by atoms with Gasteiger partial charge in [0.05, 0.1) is 0 Å². The Morgan fingerprint density at radius 1 is 0.750 bits per heavy atom. The molecule has 2 nitrogen and oxygen atoms in total. The lowest BCUT2D eigenvalue weighted by atomic mass is 9.96. The summed E-state index contributed by atoms with van der Waals surface area (Å²) >= 11 is 0. The molecule has 2 rings (SSSR count). The molecule has 1 unspecified atom stereocenters. The van der Waals surface area contributed by atoms with Crippen molar-refractivity contribution >= 4 is 0 Å². The summed E-state index contributed by atoms with van der Waals surface area (Å²) < 4.78 is 10.4. The molecule has 0 aliphatic carbocycles. The first-order valence-electron chi connectivity index (χ1n) is 6.76. The Labute approximate surface area is 101 Å². The smallest absolute Gasteiger partial charge is 0.0497 e. The van der Waals surface area contributed by atoms with Gasteiger partial charge in [0.2, 0.25) is 0 Å². The molecule has 0 aromatic rings. The normalized spacial score (nSPS) is 29.6. The van der Waals surface area contributed by atoms with E-state index in [1.165, 1.54) is 12.8 Å². The van der Waals surface area contributed by atoms with Crippen LogP contribution >= 0.6 is 0 Å². The van der Waals surface area contributed by atoms with Gasteiger partial charge in [0.25, 0.3) is 0 Å². The van der Waals surface area contributed by atoms with Gasteiger partial charge in [-0.15, -0.1) is 0 Å². The van der Waals surface area contributed by atoms with Crippen molar-refractivity contribution in [2.24, 2.45) is 23.7 Å². The van der Waals surface area contributed by atoms with Gasteiger partial charge in [0.15, 0.2) is 0 Å². The van der Waals surface area contributed by atoms with Crippen LogP contribution in [0.25, 0.3) is 0 Å². The van der Waals surface area contributed by atoms with E-state index in [9.17, 15) is 0 Å². The highest BCUT2D eigenvalue weighted by Crippen LogP contribution is 2.20. The topological polar surface area (TPSA) is 18.5 Å². The first-order chi connectivity index (χ1) is 7.61. The molecule has 0 N–H and O–H groups in total. The van der Waals surface area contributed by atoms with Crippen molar-refractivity contribution in [2.75, 3.05) is 26.4 Å². The maximum atomic E-state index is 5.22. The van der Waals surface area contributed by atoms with Crippen LogP contribution in [0.4, 0.5) is 0 Å². The maximum absolute atomic E-state index is 5.22. The number of hydrogen-bond donors (Lipinski definition) is 0. The van der Waals surface area contributed by atoms with Crippen molar-refractivity contribution in [3.63, 3.8) is 0 Å². The first-order valence-corrected chi connectivity index (χ1v) is 6.76. The molecule has 2 saturated heterocycles. The van der Waals surface area contributed by atoms with Crippen molar-refractivity contribution < 1.29 is 9.47 Å². The average molecular weight is 228 g/mol. The van der Waals surface area contributed by atoms with Gasteiger partial charge in [-0.2, -0.15) is 0 Å². The zero-order valence-corrected chi connectivity index (χ0v) is 11.4. The average Bonchev–Trinajstić information content (AvgIpc) is 2.93. The highest BCUT2D eigenvalue weighted by atomic mass is 16.5. The summed E-state index contributed by atoms with van der Waals surface area (Å²) in [5.74, 6) is 3.32. The first kappa shape index (κ1) is 14.0. The van der Waals surface area contributed by atoms with Crippen LogP contribution in [0.1, 0.15) is 40.5 Å². The molecular formula is C14H28O2. The zero-order valence-electron chi connectivity index (χ0n) is 11.4. The Balaban J connectivity index is 0.000000160. The third-order valence-electron chi connectivity index (χ3n) is 3.82. The van der Waals surface area contributed by atoms with Crippen molar-refractivity contribution in [3.8, 4) is 0 Å². The third kappa shape index (κ3) is 4.84. The van der Waals surface area contributed by atoms with Crippen LogP contribution in [0.2, 0.25) is 0 Å². The van der Waals surface area contributed by atoms with Crippen molar-refractivity contribution in [1.82, 2.24) is 0 Å². The SMILES string of the molecule is CC(C)C1CCOC1.CC(C)[C@H]1CCOC1. The predicted molar refractivity (Wildman–Crippen MR) is 67.5 cm³/mol. The lowest BCUT2D eigenvalue weighted by Crippen LogP contribution is -2.06. The summed E-state index contributed by atoms with van der Waals surface area (Å²) in [5.41, 5.74) is 0. The third-order valence-corrected chi connectivity index (χ3v) is 3.82. The summed E-state index contributed by atoms with van der Waals surface area (Å²) in [6.45, 7) is 13.0. The zero-order chi connectivity index (χ0) is 12.0. The van der Waals surface area contributed by atoms with Gasteiger partial charge in [-0.1, -0.05) is 27.7 Å². The van der Waals surface area contributed by atoms with E-state index in [2.05, 4.69) is 27.7 Å². The molecule has 2 heteroatoms. The van der Waals surface area contributed by atoms with Gasteiger partial charge in [0.1, 0.15) is 0 Å². The molecule has 0 aromatic carbocycles. The number of hydrogen-bond acceptors (Lipinski definition) is 2. The lowest BCUT2D eigenvalue weighted by Gasteiger charge is -2.09. The minimum atomic E-state index is 0.817. The van der Waals surface area contributed by atoms with E-state index >= 15 is 0 Å². The summed E-state index contributed by atoms with van der Waals surface area (Å²) in [4.78, 5) is 0. The van der Waals surface area contributed by atoms with Gasteiger partial charge in [-0.05, 0) is 36.5 Å². The molecule has 0 aromatic heterocycles. The second-order valence-corrected chi connectivity index (χ2v) is 5.74. The molecule has 0 saturated carbocycles. The molecule has 16 heavy (non-hydrogen) atoms. The minimum Gasteiger partial charge on any atom is -0.381 e. The van der Waals surface area contributed by atoms with Crippen LogP contribution in [-0.4, -0.2) is 26.4 Å². The minimum absolute atomic E-state index is 0.817. The fourth-order valence-corrected chi connectivity index (χ4v) is 2.16. The highest BCUT2D eigenvalue weighted by molar-refractivity contribution is 4.67. The van der Waals surface area contributed by atoms with Gasteiger partial charge >= 0.3 is 0 Å². The van der Waals surface area contributed by atoms with Gasteiger partial charge in [-0.3, -0.25) is 0 Å². The van der Waals surface area contributed by atoms with Crippen molar-refractivity contribution in [2.45, 2.75) is 40.5 Å². The second-order valence-electron chi connectivity index (χ2n) is 5.74. The number of rotatable bonds is 2. The lowest BCUT2D eigenvalue weighted by molar-refractivity contribution is 0.176. The summed E-state index contributed by atoms with van der Waals surface area (Å²) in [6, 6.07) is 0.